The fourth-order valence-corrected chi connectivity index (χ4v) is 3.65. The van der Waals surface area contributed by atoms with Crippen molar-refractivity contribution in [1.82, 2.24) is 0 Å². The van der Waals surface area contributed by atoms with Crippen LogP contribution in [0.25, 0.3) is 0 Å². The minimum absolute atomic E-state index is 0.297. The van der Waals surface area contributed by atoms with Crippen LogP contribution in [-0.2, 0) is 9.47 Å². The maximum Gasteiger partial charge on any atom is 0.0834 e. The van der Waals surface area contributed by atoms with E-state index in [1.165, 1.54) is 96.3 Å². The normalized spacial score (nSPS) is 21.2. The van der Waals surface area contributed by atoms with Crippen molar-refractivity contribution in [3.8, 4) is 0 Å². The Balaban J connectivity index is 1.72. The van der Waals surface area contributed by atoms with Crippen molar-refractivity contribution in [3.05, 3.63) is 0 Å². The molecule has 0 aromatic rings. The van der Waals surface area contributed by atoms with E-state index >= 15 is 0 Å². The predicted molar refractivity (Wildman–Crippen MR) is 105 cm³/mol. The molecule has 0 spiro atoms. The van der Waals surface area contributed by atoms with Gasteiger partial charge in [0.05, 0.1) is 12.2 Å². The van der Waals surface area contributed by atoms with Gasteiger partial charge in [0, 0.05) is 13.2 Å². The van der Waals surface area contributed by atoms with Crippen molar-refractivity contribution in [2.24, 2.45) is 0 Å². The number of hydrogen-bond acceptors (Lipinski definition) is 2. The molecule has 0 aromatic carbocycles. The van der Waals surface area contributed by atoms with Crippen LogP contribution in [0.4, 0.5) is 0 Å². The molecule has 0 saturated carbocycles. The van der Waals surface area contributed by atoms with Crippen LogP contribution in [0.2, 0.25) is 0 Å². The van der Waals surface area contributed by atoms with Crippen LogP contribution in [0.1, 0.15) is 117 Å². The molecule has 2 nitrogen and oxygen atoms in total. The molecule has 1 saturated heterocycles. The Morgan fingerprint density at radius 2 is 1.25 bits per heavy atom. The Morgan fingerprint density at radius 3 is 1.75 bits per heavy atom. The minimum atomic E-state index is 0.297. The molecule has 1 heterocycles. The minimum Gasteiger partial charge on any atom is -0.376 e. The lowest BCUT2D eigenvalue weighted by Gasteiger charge is -2.29. The first-order chi connectivity index (χ1) is 11.8. The van der Waals surface area contributed by atoms with Gasteiger partial charge >= 0.3 is 0 Å². The van der Waals surface area contributed by atoms with Crippen LogP contribution in [0.15, 0.2) is 0 Å². The predicted octanol–water partition coefficient (Wildman–Crippen LogP) is 7.05. The highest BCUT2D eigenvalue weighted by Crippen LogP contribution is 2.17. The molecule has 2 atom stereocenters. The smallest absolute Gasteiger partial charge is 0.0834 e. The van der Waals surface area contributed by atoms with Crippen LogP contribution in [0, 0.1) is 0 Å². The van der Waals surface area contributed by atoms with Crippen molar-refractivity contribution in [2.45, 2.75) is 129 Å². The molecule has 0 radical (unpaired) electrons. The summed E-state index contributed by atoms with van der Waals surface area (Å²) in [4.78, 5) is 0. The first-order valence-corrected chi connectivity index (χ1v) is 11.1. The molecular weight excluding hydrogens is 296 g/mol. The fourth-order valence-electron chi connectivity index (χ4n) is 3.65. The van der Waals surface area contributed by atoms with Gasteiger partial charge in [-0.2, -0.15) is 0 Å². The highest BCUT2D eigenvalue weighted by molar-refractivity contribution is 4.70. The average molecular weight is 341 g/mol. The lowest BCUT2D eigenvalue weighted by atomic mass is 10.0. The van der Waals surface area contributed by atoms with Crippen LogP contribution < -0.4 is 0 Å². The Bertz CT molecular complexity index is 254. The van der Waals surface area contributed by atoms with Gasteiger partial charge in [0.25, 0.3) is 0 Å². The van der Waals surface area contributed by atoms with E-state index < -0.39 is 0 Å². The average Bonchev–Trinajstić information content (AvgIpc) is 2.60. The lowest BCUT2D eigenvalue weighted by Crippen LogP contribution is -2.34. The Labute approximate surface area is 152 Å². The largest absolute Gasteiger partial charge is 0.376 e. The molecule has 144 valence electrons. The van der Waals surface area contributed by atoms with Gasteiger partial charge in [0.2, 0.25) is 0 Å². The zero-order valence-electron chi connectivity index (χ0n) is 16.7. The SMILES string of the molecule is CCCCCCCCCCCCCCCCO[C@@H]1CCCO[C@H]1C. The quantitative estimate of drug-likeness (QED) is 0.280. The van der Waals surface area contributed by atoms with Gasteiger partial charge in [0.1, 0.15) is 0 Å². The second-order valence-corrected chi connectivity index (χ2v) is 7.72. The zero-order valence-corrected chi connectivity index (χ0v) is 16.7. The monoisotopic (exact) mass is 340 g/mol. The van der Waals surface area contributed by atoms with Gasteiger partial charge in [0.15, 0.2) is 0 Å². The van der Waals surface area contributed by atoms with E-state index in [1.54, 1.807) is 0 Å². The molecule has 1 aliphatic rings. The van der Waals surface area contributed by atoms with Crippen molar-refractivity contribution in [1.29, 1.82) is 0 Å². The van der Waals surface area contributed by atoms with Crippen LogP contribution in [0.3, 0.4) is 0 Å². The molecule has 0 unspecified atom stereocenters. The number of hydrogen-bond donors (Lipinski definition) is 0. The van der Waals surface area contributed by atoms with E-state index in [0.717, 1.165) is 19.6 Å². The fraction of sp³-hybridized carbons (Fsp3) is 1.00. The van der Waals surface area contributed by atoms with Crippen molar-refractivity contribution in [3.63, 3.8) is 0 Å². The van der Waals surface area contributed by atoms with Gasteiger partial charge < -0.3 is 9.47 Å². The molecule has 2 heteroatoms. The van der Waals surface area contributed by atoms with E-state index in [1.807, 2.05) is 0 Å². The van der Waals surface area contributed by atoms with Gasteiger partial charge in [-0.1, -0.05) is 90.4 Å². The Kier molecular flexibility index (Phi) is 15.0. The Hall–Kier alpha value is -0.0800. The van der Waals surface area contributed by atoms with Gasteiger partial charge in [-0.25, -0.2) is 0 Å². The number of unbranched alkanes of at least 4 members (excludes halogenated alkanes) is 13. The number of rotatable bonds is 16. The molecule has 0 aliphatic carbocycles. The maximum absolute atomic E-state index is 5.98. The van der Waals surface area contributed by atoms with E-state index in [9.17, 15) is 0 Å². The molecule has 0 amide bonds. The summed E-state index contributed by atoms with van der Waals surface area (Å²) in [6.07, 6.45) is 22.8. The molecule has 1 aliphatic heterocycles. The molecular formula is C22H44O2. The third kappa shape index (κ3) is 12.3. The van der Waals surface area contributed by atoms with E-state index in [0.29, 0.717) is 12.2 Å². The van der Waals surface area contributed by atoms with Gasteiger partial charge in [-0.15, -0.1) is 0 Å². The first kappa shape index (κ1) is 22.0. The molecule has 24 heavy (non-hydrogen) atoms. The summed E-state index contributed by atoms with van der Waals surface area (Å²) in [7, 11) is 0. The summed E-state index contributed by atoms with van der Waals surface area (Å²) >= 11 is 0. The topological polar surface area (TPSA) is 18.5 Å². The highest BCUT2D eigenvalue weighted by atomic mass is 16.5. The maximum atomic E-state index is 5.98. The van der Waals surface area contributed by atoms with Gasteiger partial charge in [-0.3, -0.25) is 0 Å². The molecule has 1 rings (SSSR count). The van der Waals surface area contributed by atoms with E-state index in [4.69, 9.17) is 9.47 Å². The molecule has 1 fully saturated rings. The summed E-state index contributed by atoms with van der Waals surface area (Å²) in [5, 5.41) is 0. The summed E-state index contributed by atoms with van der Waals surface area (Å²) in [6, 6.07) is 0. The number of ether oxygens (including phenoxy) is 2. The summed E-state index contributed by atoms with van der Waals surface area (Å²) in [5.74, 6) is 0. The highest BCUT2D eigenvalue weighted by Gasteiger charge is 2.21. The molecule has 0 aromatic heterocycles. The first-order valence-electron chi connectivity index (χ1n) is 11.1. The third-order valence-corrected chi connectivity index (χ3v) is 5.37. The molecule has 0 N–H and O–H groups in total. The van der Waals surface area contributed by atoms with Crippen molar-refractivity contribution in [2.75, 3.05) is 13.2 Å². The van der Waals surface area contributed by atoms with Crippen molar-refractivity contribution < 1.29 is 9.47 Å². The summed E-state index contributed by atoms with van der Waals surface area (Å²) in [5.41, 5.74) is 0. The van der Waals surface area contributed by atoms with E-state index in [-0.39, 0.29) is 0 Å². The van der Waals surface area contributed by atoms with Crippen LogP contribution in [0.5, 0.6) is 0 Å². The second kappa shape index (κ2) is 16.4. The molecule has 0 bridgehead atoms. The van der Waals surface area contributed by atoms with Crippen LogP contribution >= 0.6 is 0 Å². The lowest BCUT2D eigenvalue weighted by molar-refractivity contribution is -0.0974. The van der Waals surface area contributed by atoms with Gasteiger partial charge in [-0.05, 0) is 26.2 Å². The third-order valence-electron chi connectivity index (χ3n) is 5.37. The Morgan fingerprint density at radius 1 is 0.750 bits per heavy atom. The summed E-state index contributed by atoms with van der Waals surface area (Å²) in [6.45, 7) is 6.28. The van der Waals surface area contributed by atoms with E-state index in [2.05, 4.69) is 13.8 Å². The summed E-state index contributed by atoms with van der Waals surface area (Å²) < 4.78 is 11.6. The van der Waals surface area contributed by atoms with Crippen molar-refractivity contribution >= 4 is 0 Å². The zero-order chi connectivity index (χ0) is 17.3. The second-order valence-electron chi connectivity index (χ2n) is 7.72. The standard InChI is InChI=1S/C22H44O2/c1-3-4-5-6-7-8-9-10-11-12-13-14-15-16-19-24-22-18-17-20-23-21(22)2/h21-22H,3-20H2,1-2H3/t21-,22+/m0/s1. The van der Waals surface area contributed by atoms with Crippen LogP contribution in [-0.4, -0.2) is 25.4 Å².